The SMILES string of the molecule is CCC(C)S(=O)(=O)Cc1ccc(C(=O)O)o1. The van der Waals surface area contributed by atoms with Crippen LogP contribution in [0.15, 0.2) is 16.5 Å². The van der Waals surface area contributed by atoms with Gasteiger partial charge < -0.3 is 9.52 Å². The molecule has 6 heteroatoms. The van der Waals surface area contributed by atoms with E-state index in [0.29, 0.717) is 6.42 Å². The van der Waals surface area contributed by atoms with Crippen LogP contribution in [0.25, 0.3) is 0 Å². The van der Waals surface area contributed by atoms with E-state index in [1.54, 1.807) is 13.8 Å². The summed E-state index contributed by atoms with van der Waals surface area (Å²) in [6, 6.07) is 2.63. The summed E-state index contributed by atoms with van der Waals surface area (Å²) in [7, 11) is -3.26. The van der Waals surface area contributed by atoms with Crippen molar-refractivity contribution in [2.75, 3.05) is 0 Å². The first-order valence-corrected chi connectivity index (χ1v) is 6.62. The number of aromatic carboxylic acids is 1. The normalized spacial score (nSPS) is 13.6. The highest BCUT2D eigenvalue weighted by atomic mass is 32.2. The number of furan rings is 1. The van der Waals surface area contributed by atoms with Crippen molar-refractivity contribution in [3.05, 3.63) is 23.7 Å². The third-order valence-corrected chi connectivity index (χ3v) is 4.65. The Morgan fingerprint density at radius 1 is 1.50 bits per heavy atom. The zero-order valence-electron chi connectivity index (χ0n) is 9.13. The Kier molecular flexibility index (Phi) is 3.74. The number of sulfone groups is 1. The lowest BCUT2D eigenvalue weighted by Gasteiger charge is -2.08. The van der Waals surface area contributed by atoms with Crippen LogP contribution in [0.5, 0.6) is 0 Å². The van der Waals surface area contributed by atoms with Crippen LogP contribution in [0, 0.1) is 0 Å². The quantitative estimate of drug-likeness (QED) is 0.854. The molecule has 0 amide bonds. The Hall–Kier alpha value is -1.30. The molecule has 1 heterocycles. The van der Waals surface area contributed by atoms with Crippen LogP contribution in [0.1, 0.15) is 36.6 Å². The van der Waals surface area contributed by atoms with Crippen LogP contribution in [0.4, 0.5) is 0 Å². The number of carboxylic acid groups (broad SMARTS) is 1. The molecule has 0 bridgehead atoms. The molecular weight excluding hydrogens is 232 g/mol. The molecule has 0 aliphatic rings. The molecule has 1 aromatic rings. The molecule has 1 aromatic heterocycles. The molecule has 0 saturated carbocycles. The van der Waals surface area contributed by atoms with Crippen LogP contribution in [0.3, 0.4) is 0 Å². The topological polar surface area (TPSA) is 84.6 Å². The summed E-state index contributed by atoms with van der Waals surface area (Å²) in [6.07, 6.45) is 0.523. The van der Waals surface area contributed by atoms with Crippen molar-refractivity contribution in [3.63, 3.8) is 0 Å². The summed E-state index contributed by atoms with van der Waals surface area (Å²) >= 11 is 0. The van der Waals surface area contributed by atoms with Gasteiger partial charge in [0.15, 0.2) is 9.84 Å². The van der Waals surface area contributed by atoms with Gasteiger partial charge in [0.2, 0.25) is 5.76 Å². The minimum absolute atomic E-state index is 0.165. The van der Waals surface area contributed by atoms with Crippen LogP contribution in [-0.4, -0.2) is 24.7 Å². The number of hydrogen-bond acceptors (Lipinski definition) is 4. The van der Waals surface area contributed by atoms with E-state index >= 15 is 0 Å². The van der Waals surface area contributed by atoms with Crippen molar-refractivity contribution < 1.29 is 22.7 Å². The third-order valence-electron chi connectivity index (χ3n) is 2.40. The molecule has 0 fully saturated rings. The van der Waals surface area contributed by atoms with Crippen molar-refractivity contribution >= 4 is 15.8 Å². The average Bonchev–Trinajstić information content (AvgIpc) is 2.64. The third kappa shape index (κ3) is 2.85. The molecule has 0 aromatic carbocycles. The second-order valence-corrected chi connectivity index (χ2v) is 6.02. The van der Waals surface area contributed by atoms with Gasteiger partial charge in [-0.05, 0) is 25.5 Å². The molecule has 0 aliphatic carbocycles. The van der Waals surface area contributed by atoms with Gasteiger partial charge in [-0.25, -0.2) is 13.2 Å². The number of carboxylic acids is 1. The number of hydrogen-bond donors (Lipinski definition) is 1. The minimum Gasteiger partial charge on any atom is -0.475 e. The summed E-state index contributed by atoms with van der Waals surface area (Å²) in [5, 5.41) is 8.16. The first-order valence-electron chi connectivity index (χ1n) is 4.90. The maximum Gasteiger partial charge on any atom is 0.371 e. The van der Waals surface area contributed by atoms with E-state index in [2.05, 4.69) is 0 Å². The van der Waals surface area contributed by atoms with E-state index in [1.807, 2.05) is 0 Å². The molecular formula is C10H14O5S. The molecule has 1 atom stereocenters. The molecule has 0 radical (unpaired) electrons. The molecule has 1 rings (SSSR count). The summed E-state index contributed by atoms with van der Waals surface area (Å²) < 4.78 is 28.3. The fraction of sp³-hybridized carbons (Fsp3) is 0.500. The number of carbonyl (C=O) groups is 1. The van der Waals surface area contributed by atoms with Gasteiger partial charge in [0, 0.05) is 0 Å². The lowest BCUT2D eigenvalue weighted by molar-refractivity contribution is 0.0660. The van der Waals surface area contributed by atoms with Gasteiger partial charge in [-0.2, -0.15) is 0 Å². The average molecular weight is 246 g/mol. The Labute approximate surface area is 94.0 Å². The predicted molar refractivity (Wildman–Crippen MR) is 58.0 cm³/mol. The zero-order chi connectivity index (χ0) is 12.3. The highest BCUT2D eigenvalue weighted by molar-refractivity contribution is 7.91. The summed E-state index contributed by atoms with van der Waals surface area (Å²) in [5.41, 5.74) is 0. The summed E-state index contributed by atoms with van der Waals surface area (Å²) in [4.78, 5) is 10.5. The van der Waals surface area contributed by atoms with Gasteiger partial charge in [0.1, 0.15) is 11.5 Å². The highest BCUT2D eigenvalue weighted by Gasteiger charge is 2.22. The van der Waals surface area contributed by atoms with E-state index in [4.69, 9.17) is 9.52 Å². The van der Waals surface area contributed by atoms with Gasteiger partial charge in [-0.15, -0.1) is 0 Å². The van der Waals surface area contributed by atoms with E-state index < -0.39 is 21.1 Å². The maximum absolute atomic E-state index is 11.7. The number of rotatable bonds is 5. The first kappa shape index (κ1) is 12.8. The smallest absolute Gasteiger partial charge is 0.371 e. The van der Waals surface area contributed by atoms with E-state index in [0.717, 1.165) is 0 Å². The Bertz CT molecular complexity index is 471. The maximum atomic E-state index is 11.7. The van der Waals surface area contributed by atoms with Crippen molar-refractivity contribution in [2.24, 2.45) is 0 Å². The molecule has 1 unspecified atom stereocenters. The lowest BCUT2D eigenvalue weighted by atomic mass is 10.4. The molecule has 5 nitrogen and oxygen atoms in total. The largest absolute Gasteiger partial charge is 0.475 e. The molecule has 0 spiro atoms. The Morgan fingerprint density at radius 3 is 2.56 bits per heavy atom. The van der Waals surface area contributed by atoms with Crippen molar-refractivity contribution in [1.29, 1.82) is 0 Å². The second kappa shape index (κ2) is 4.69. The van der Waals surface area contributed by atoms with Crippen molar-refractivity contribution in [2.45, 2.75) is 31.3 Å². The van der Waals surface area contributed by atoms with E-state index in [9.17, 15) is 13.2 Å². The zero-order valence-corrected chi connectivity index (χ0v) is 9.95. The molecule has 16 heavy (non-hydrogen) atoms. The van der Waals surface area contributed by atoms with Gasteiger partial charge >= 0.3 is 5.97 Å². The van der Waals surface area contributed by atoms with Crippen molar-refractivity contribution in [3.8, 4) is 0 Å². The van der Waals surface area contributed by atoms with Gasteiger partial charge in [-0.1, -0.05) is 6.92 Å². The highest BCUT2D eigenvalue weighted by Crippen LogP contribution is 2.16. The second-order valence-electron chi connectivity index (χ2n) is 3.60. The van der Waals surface area contributed by atoms with Gasteiger partial charge in [-0.3, -0.25) is 0 Å². The molecule has 90 valence electrons. The van der Waals surface area contributed by atoms with Crippen molar-refractivity contribution in [1.82, 2.24) is 0 Å². The van der Waals surface area contributed by atoms with Crippen LogP contribution in [0.2, 0.25) is 0 Å². The molecule has 0 aliphatic heterocycles. The van der Waals surface area contributed by atoms with Gasteiger partial charge in [0.25, 0.3) is 0 Å². The van der Waals surface area contributed by atoms with E-state index in [-0.39, 0.29) is 17.3 Å². The minimum atomic E-state index is -3.26. The fourth-order valence-corrected chi connectivity index (χ4v) is 2.51. The first-order chi connectivity index (χ1) is 7.36. The monoisotopic (exact) mass is 246 g/mol. The molecule has 0 saturated heterocycles. The molecule has 1 N–H and O–H groups in total. The van der Waals surface area contributed by atoms with Crippen LogP contribution >= 0.6 is 0 Å². The summed E-state index contributed by atoms with van der Waals surface area (Å²) in [6.45, 7) is 3.41. The Balaban J connectivity index is 2.85. The summed E-state index contributed by atoms with van der Waals surface area (Å²) in [5.74, 6) is -1.53. The lowest BCUT2D eigenvalue weighted by Crippen LogP contribution is -2.18. The van der Waals surface area contributed by atoms with Gasteiger partial charge in [0.05, 0.1) is 5.25 Å². The van der Waals surface area contributed by atoms with E-state index in [1.165, 1.54) is 12.1 Å². The predicted octanol–water partition coefficient (Wildman–Crippen LogP) is 1.69. The van der Waals surface area contributed by atoms with Crippen LogP contribution in [-0.2, 0) is 15.6 Å². The standard InChI is InChI=1S/C10H14O5S/c1-3-7(2)16(13,14)6-8-4-5-9(15-8)10(11)12/h4-5,7H,3,6H2,1-2H3,(H,11,12). The Morgan fingerprint density at radius 2 is 2.12 bits per heavy atom. The fourth-order valence-electron chi connectivity index (χ4n) is 1.16. The van der Waals surface area contributed by atoms with Crippen LogP contribution < -0.4 is 0 Å².